The summed E-state index contributed by atoms with van der Waals surface area (Å²) in [4.78, 5) is 23.8. The Morgan fingerprint density at radius 3 is 2.50 bits per heavy atom. The Labute approximate surface area is 141 Å². The molecule has 2 heterocycles. The summed E-state index contributed by atoms with van der Waals surface area (Å²) in [5.74, 6) is 0.781. The van der Waals surface area contributed by atoms with Crippen molar-refractivity contribution in [3.8, 4) is 0 Å². The van der Waals surface area contributed by atoms with Crippen LogP contribution in [0.3, 0.4) is 0 Å². The van der Waals surface area contributed by atoms with Crippen molar-refractivity contribution in [3.63, 3.8) is 0 Å². The number of anilines is 3. The molecule has 1 saturated heterocycles. The van der Waals surface area contributed by atoms with E-state index in [0.717, 1.165) is 38.0 Å². The van der Waals surface area contributed by atoms with Gasteiger partial charge in [-0.1, -0.05) is 18.2 Å². The maximum Gasteiger partial charge on any atom is 0.353 e. The molecule has 1 aromatic heterocycles. The molecule has 1 aliphatic rings. The Morgan fingerprint density at radius 2 is 1.88 bits per heavy atom. The number of hydrogen-bond acceptors (Lipinski definition) is 6. The van der Waals surface area contributed by atoms with Crippen LogP contribution in [0.1, 0.15) is 26.2 Å². The van der Waals surface area contributed by atoms with Gasteiger partial charge in [-0.25, -0.2) is 9.97 Å². The van der Waals surface area contributed by atoms with Gasteiger partial charge in [0.1, 0.15) is 6.33 Å². The number of nitrogens with zero attached hydrogens (tertiary/aromatic N) is 5. The van der Waals surface area contributed by atoms with Crippen LogP contribution in [0.4, 0.5) is 23.0 Å². The molecule has 0 spiro atoms. The minimum Gasteiger partial charge on any atom is -0.351 e. The van der Waals surface area contributed by atoms with Gasteiger partial charge in [0, 0.05) is 25.3 Å². The molecule has 1 aromatic carbocycles. The number of aromatic nitrogens is 2. The lowest BCUT2D eigenvalue weighted by Gasteiger charge is -2.28. The van der Waals surface area contributed by atoms with Crippen LogP contribution in [0.5, 0.6) is 0 Å². The molecule has 1 aliphatic heterocycles. The topological polar surface area (TPSA) is 75.4 Å². The van der Waals surface area contributed by atoms with E-state index in [1.807, 2.05) is 47.1 Å². The van der Waals surface area contributed by atoms with Crippen LogP contribution in [0.2, 0.25) is 0 Å². The fourth-order valence-corrected chi connectivity index (χ4v) is 3.12. The minimum absolute atomic E-state index is 0.00916. The molecule has 0 saturated carbocycles. The number of para-hydroxylation sites is 1. The predicted octanol–water partition coefficient (Wildman–Crippen LogP) is 3.53. The minimum atomic E-state index is -0.356. The van der Waals surface area contributed by atoms with Crippen LogP contribution >= 0.6 is 0 Å². The Bertz CT molecular complexity index is 701. The maximum absolute atomic E-state index is 11.8. The second kappa shape index (κ2) is 7.25. The highest BCUT2D eigenvalue weighted by molar-refractivity contribution is 5.76. The third-order valence-corrected chi connectivity index (χ3v) is 4.26. The quantitative estimate of drug-likeness (QED) is 0.617. The first-order valence-corrected chi connectivity index (χ1v) is 8.29. The van der Waals surface area contributed by atoms with Crippen molar-refractivity contribution in [1.82, 2.24) is 9.97 Å². The predicted molar refractivity (Wildman–Crippen MR) is 93.9 cm³/mol. The van der Waals surface area contributed by atoms with Gasteiger partial charge in [-0.15, -0.1) is 0 Å². The molecule has 0 atom stereocenters. The van der Waals surface area contributed by atoms with Crippen LogP contribution < -0.4 is 9.80 Å². The molecule has 3 rings (SSSR count). The molecular formula is C17H21N5O2. The fourth-order valence-electron chi connectivity index (χ4n) is 3.12. The summed E-state index contributed by atoms with van der Waals surface area (Å²) in [6.45, 7) is 4.14. The van der Waals surface area contributed by atoms with Gasteiger partial charge in [-0.3, -0.25) is 10.1 Å². The molecule has 0 unspecified atom stereocenters. The molecule has 24 heavy (non-hydrogen) atoms. The lowest BCUT2D eigenvalue weighted by molar-refractivity contribution is -0.383. The van der Waals surface area contributed by atoms with E-state index in [4.69, 9.17) is 0 Å². The van der Waals surface area contributed by atoms with Gasteiger partial charge in [0.05, 0.1) is 4.92 Å². The lowest BCUT2D eigenvalue weighted by Crippen LogP contribution is -2.31. The van der Waals surface area contributed by atoms with Crippen molar-refractivity contribution in [2.24, 2.45) is 0 Å². The maximum atomic E-state index is 11.8. The van der Waals surface area contributed by atoms with Crippen LogP contribution in [-0.4, -0.2) is 34.5 Å². The van der Waals surface area contributed by atoms with E-state index in [1.165, 1.54) is 6.33 Å². The van der Waals surface area contributed by atoms with Gasteiger partial charge in [-0.2, -0.15) is 0 Å². The third-order valence-electron chi connectivity index (χ3n) is 4.26. The first-order valence-electron chi connectivity index (χ1n) is 8.29. The zero-order valence-corrected chi connectivity index (χ0v) is 13.8. The fraction of sp³-hybridized carbons (Fsp3) is 0.412. The van der Waals surface area contributed by atoms with Crippen LogP contribution in [-0.2, 0) is 0 Å². The highest BCUT2D eigenvalue weighted by Gasteiger charge is 2.30. The van der Waals surface area contributed by atoms with Gasteiger partial charge in [0.2, 0.25) is 11.6 Å². The highest BCUT2D eigenvalue weighted by Crippen LogP contribution is 2.37. The van der Waals surface area contributed by atoms with Crippen molar-refractivity contribution < 1.29 is 4.92 Å². The average molecular weight is 327 g/mol. The number of benzene rings is 1. The summed E-state index contributed by atoms with van der Waals surface area (Å²) in [7, 11) is 0. The van der Waals surface area contributed by atoms with Crippen LogP contribution in [0, 0.1) is 10.1 Å². The Kier molecular flexibility index (Phi) is 4.88. The first kappa shape index (κ1) is 16.2. The SMILES string of the molecule is CCN(c1ccccc1)c1ncnc(N2CCCCC2)c1[N+](=O)[O-]. The number of nitro groups is 1. The summed E-state index contributed by atoms with van der Waals surface area (Å²) >= 11 is 0. The summed E-state index contributed by atoms with van der Waals surface area (Å²) < 4.78 is 0. The normalized spacial score (nSPS) is 14.5. The van der Waals surface area contributed by atoms with Crippen molar-refractivity contribution in [2.45, 2.75) is 26.2 Å². The van der Waals surface area contributed by atoms with Gasteiger partial charge in [0.15, 0.2) is 0 Å². The van der Waals surface area contributed by atoms with Gasteiger partial charge in [-0.05, 0) is 38.3 Å². The van der Waals surface area contributed by atoms with Crippen molar-refractivity contribution in [1.29, 1.82) is 0 Å². The number of piperidine rings is 1. The van der Waals surface area contributed by atoms with E-state index in [1.54, 1.807) is 0 Å². The molecule has 126 valence electrons. The van der Waals surface area contributed by atoms with Gasteiger partial charge in [0.25, 0.3) is 0 Å². The lowest BCUT2D eigenvalue weighted by atomic mass is 10.1. The summed E-state index contributed by atoms with van der Waals surface area (Å²) in [5.41, 5.74) is 0.872. The van der Waals surface area contributed by atoms with E-state index in [9.17, 15) is 10.1 Å². The molecular weight excluding hydrogens is 306 g/mol. The Morgan fingerprint density at radius 1 is 1.17 bits per heavy atom. The Balaban J connectivity index is 2.08. The standard InChI is InChI=1S/C17H21N5O2/c1-2-21(14-9-5-3-6-10-14)17-15(22(23)24)16(18-13-19-17)20-11-7-4-8-12-20/h3,5-6,9-10,13H,2,4,7-8,11-12H2,1H3. The van der Waals surface area contributed by atoms with Gasteiger partial charge >= 0.3 is 5.69 Å². The monoisotopic (exact) mass is 327 g/mol. The van der Waals surface area contributed by atoms with Crippen LogP contribution in [0.15, 0.2) is 36.7 Å². The molecule has 0 aliphatic carbocycles. The smallest absolute Gasteiger partial charge is 0.351 e. The largest absolute Gasteiger partial charge is 0.353 e. The van der Waals surface area contributed by atoms with Crippen LogP contribution in [0.25, 0.3) is 0 Å². The molecule has 2 aromatic rings. The van der Waals surface area contributed by atoms with E-state index in [-0.39, 0.29) is 10.6 Å². The molecule has 7 nitrogen and oxygen atoms in total. The van der Waals surface area contributed by atoms with E-state index in [0.29, 0.717) is 18.2 Å². The van der Waals surface area contributed by atoms with E-state index >= 15 is 0 Å². The zero-order valence-electron chi connectivity index (χ0n) is 13.8. The summed E-state index contributed by atoms with van der Waals surface area (Å²) in [6.07, 6.45) is 4.66. The number of rotatable bonds is 5. The first-order chi connectivity index (χ1) is 11.7. The molecule has 7 heteroatoms. The zero-order chi connectivity index (χ0) is 16.9. The molecule has 0 radical (unpaired) electrons. The third kappa shape index (κ3) is 3.15. The molecule has 0 amide bonds. The van der Waals surface area contributed by atoms with Crippen molar-refractivity contribution in [3.05, 3.63) is 46.8 Å². The number of hydrogen-bond donors (Lipinski definition) is 0. The summed E-state index contributed by atoms with van der Waals surface area (Å²) in [6, 6.07) is 9.60. The second-order valence-electron chi connectivity index (χ2n) is 5.75. The molecule has 0 bridgehead atoms. The van der Waals surface area contributed by atoms with E-state index in [2.05, 4.69) is 9.97 Å². The average Bonchev–Trinajstić information content (AvgIpc) is 2.63. The van der Waals surface area contributed by atoms with Crippen molar-refractivity contribution >= 4 is 23.0 Å². The van der Waals surface area contributed by atoms with E-state index < -0.39 is 0 Å². The molecule has 1 fully saturated rings. The van der Waals surface area contributed by atoms with Gasteiger partial charge < -0.3 is 9.80 Å². The van der Waals surface area contributed by atoms with Crippen molar-refractivity contribution in [2.75, 3.05) is 29.4 Å². The highest BCUT2D eigenvalue weighted by atomic mass is 16.6. The summed E-state index contributed by atoms with van der Waals surface area (Å²) in [5, 5.41) is 11.8. The second-order valence-corrected chi connectivity index (χ2v) is 5.75. The Hall–Kier alpha value is -2.70. The molecule has 0 N–H and O–H groups in total.